The van der Waals surface area contributed by atoms with E-state index in [1.807, 2.05) is 66.4 Å². The van der Waals surface area contributed by atoms with Gasteiger partial charge in [-0.15, -0.1) is 0 Å². The summed E-state index contributed by atoms with van der Waals surface area (Å²) in [6.45, 7) is 3.04. The standard InChI is InChI=1S/C26H25N3O4/c1-2-13-29-24(17-10-11-21-22(14-17)33-16-32-21)23(19-8-3-4-9-20(19)26(29)31)25(30)28-15-18-7-5-6-12-27-18/h3-12,14,23-24H,2,13,15-16H2,1H3,(H,28,30)/t23-,24-/m0/s1. The van der Waals surface area contributed by atoms with Gasteiger partial charge in [-0.3, -0.25) is 14.6 Å². The second-order valence-electron chi connectivity index (χ2n) is 8.16. The Morgan fingerprint density at radius 1 is 1.09 bits per heavy atom. The van der Waals surface area contributed by atoms with E-state index >= 15 is 0 Å². The van der Waals surface area contributed by atoms with Gasteiger partial charge >= 0.3 is 0 Å². The number of rotatable bonds is 6. The lowest BCUT2D eigenvalue weighted by molar-refractivity contribution is -0.124. The van der Waals surface area contributed by atoms with Crippen LogP contribution in [0.5, 0.6) is 11.5 Å². The molecule has 3 heterocycles. The first-order valence-electron chi connectivity index (χ1n) is 11.1. The fourth-order valence-electron chi connectivity index (χ4n) is 4.62. The van der Waals surface area contributed by atoms with Crippen molar-refractivity contribution in [3.8, 4) is 11.5 Å². The van der Waals surface area contributed by atoms with E-state index in [4.69, 9.17) is 9.47 Å². The molecule has 7 nitrogen and oxygen atoms in total. The van der Waals surface area contributed by atoms with Crippen molar-refractivity contribution >= 4 is 11.8 Å². The summed E-state index contributed by atoms with van der Waals surface area (Å²) in [5.41, 5.74) is 2.92. The van der Waals surface area contributed by atoms with Crippen molar-refractivity contribution in [2.75, 3.05) is 13.3 Å². The Labute approximate surface area is 192 Å². The van der Waals surface area contributed by atoms with Crippen molar-refractivity contribution < 1.29 is 19.1 Å². The van der Waals surface area contributed by atoms with Gasteiger partial charge < -0.3 is 19.7 Å². The van der Waals surface area contributed by atoms with Crippen LogP contribution in [0.2, 0.25) is 0 Å². The van der Waals surface area contributed by atoms with E-state index in [-0.39, 0.29) is 18.6 Å². The number of amides is 2. The molecular formula is C26H25N3O4. The molecule has 1 aromatic heterocycles. The quantitative estimate of drug-likeness (QED) is 0.627. The second kappa shape index (κ2) is 8.94. The van der Waals surface area contributed by atoms with E-state index in [9.17, 15) is 9.59 Å². The lowest BCUT2D eigenvalue weighted by Gasteiger charge is -2.41. The highest BCUT2D eigenvalue weighted by Gasteiger charge is 2.44. The molecule has 5 rings (SSSR count). The summed E-state index contributed by atoms with van der Waals surface area (Å²) < 4.78 is 11.1. The van der Waals surface area contributed by atoms with Crippen LogP contribution in [0.15, 0.2) is 66.9 Å². The van der Waals surface area contributed by atoms with Gasteiger partial charge in [0.15, 0.2) is 11.5 Å². The van der Waals surface area contributed by atoms with Crippen molar-refractivity contribution in [2.24, 2.45) is 0 Å². The molecule has 2 aliphatic rings. The molecule has 0 saturated heterocycles. The maximum atomic E-state index is 13.7. The molecule has 168 valence electrons. The molecule has 7 heteroatoms. The first-order valence-corrected chi connectivity index (χ1v) is 11.1. The van der Waals surface area contributed by atoms with Gasteiger partial charge in [0.25, 0.3) is 5.91 Å². The molecule has 0 bridgehead atoms. The minimum Gasteiger partial charge on any atom is -0.454 e. The molecular weight excluding hydrogens is 418 g/mol. The minimum absolute atomic E-state index is 0.0658. The van der Waals surface area contributed by atoms with Crippen LogP contribution in [0.4, 0.5) is 0 Å². The minimum atomic E-state index is -0.575. The first-order chi connectivity index (χ1) is 16.2. The largest absolute Gasteiger partial charge is 0.454 e. The third kappa shape index (κ3) is 3.91. The monoisotopic (exact) mass is 443 g/mol. The third-order valence-corrected chi connectivity index (χ3v) is 6.09. The van der Waals surface area contributed by atoms with E-state index in [0.29, 0.717) is 30.2 Å². The maximum Gasteiger partial charge on any atom is 0.254 e. The molecule has 2 amide bonds. The summed E-state index contributed by atoms with van der Waals surface area (Å²) in [7, 11) is 0. The summed E-state index contributed by atoms with van der Waals surface area (Å²) in [6, 6.07) is 18.2. The van der Waals surface area contributed by atoms with Gasteiger partial charge in [0.05, 0.1) is 24.2 Å². The van der Waals surface area contributed by atoms with Crippen molar-refractivity contribution in [1.82, 2.24) is 15.2 Å². The zero-order valence-electron chi connectivity index (χ0n) is 18.4. The van der Waals surface area contributed by atoms with Gasteiger partial charge in [-0.1, -0.05) is 37.3 Å². The van der Waals surface area contributed by atoms with E-state index in [2.05, 4.69) is 10.3 Å². The van der Waals surface area contributed by atoms with E-state index in [1.54, 1.807) is 12.3 Å². The topological polar surface area (TPSA) is 80.8 Å². The van der Waals surface area contributed by atoms with Gasteiger partial charge in [0.2, 0.25) is 12.7 Å². The molecule has 2 aromatic carbocycles. The number of benzene rings is 2. The zero-order chi connectivity index (χ0) is 22.8. The SMILES string of the molecule is CCCN1C(=O)c2ccccc2[C@H](C(=O)NCc2ccccn2)[C@@H]1c1ccc2c(c1)OCO2. The Morgan fingerprint density at radius 2 is 1.91 bits per heavy atom. The maximum absolute atomic E-state index is 13.7. The molecule has 1 N–H and O–H groups in total. The number of hydrogen-bond donors (Lipinski definition) is 1. The van der Waals surface area contributed by atoms with Crippen LogP contribution in [-0.4, -0.2) is 35.0 Å². The van der Waals surface area contributed by atoms with Crippen LogP contribution in [0, 0.1) is 0 Å². The van der Waals surface area contributed by atoms with E-state index < -0.39 is 12.0 Å². The molecule has 2 atom stereocenters. The van der Waals surface area contributed by atoms with Crippen molar-refractivity contribution in [3.05, 3.63) is 89.2 Å². The molecule has 3 aromatic rings. The Morgan fingerprint density at radius 3 is 2.73 bits per heavy atom. The predicted octanol–water partition coefficient (Wildman–Crippen LogP) is 3.82. The molecule has 33 heavy (non-hydrogen) atoms. The molecule has 2 aliphatic heterocycles. The molecule has 0 spiro atoms. The number of fused-ring (bicyclic) bond motifs is 2. The molecule has 0 saturated carbocycles. The number of ether oxygens (including phenoxy) is 2. The second-order valence-corrected chi connectivity index (χ2v) is 8.16. The Hall–Kier alpha value is -3.87. The highest BCUT2D eigenvalue weighted by molar-refractivity contribution is 6.01. The Bertz CT molecular complexity index is 1180. The van der Waals surface area contributed by atoms with Crippen LogP contribution < -0.4 is 14.8 Å². The summed E-state index contributed by atoms with van der Waals surface area (Å²) >= 11 is 0. The van der Waals surface area contributed by atoms with Gasteiger partial charge in [0.1, 0.15) is 0 Å². The Balaban J connectivity index is 1.57. The molecule has 0 radical (unpaired) electrons. The lowest BCUT2D eigenvalue weighted by atomic mass is 9.79. The number of carbonyl (C=O) groups is 2. The number of carbonyl (C=O) groups excluding carboxylic acids is 2. The Kier molecular flexibility index (Phi) is 5.69. The van der Waals surface area contributed by atoms with Crippen molar-refractivity contribution in [1.29, 1.82) is 0 Å². The average molecular weight is 444 g/mol. The van der Waals surface area contributed by atoms with Crippen molar-refractivity contribution in [3.63, 3.8) is 0 Å². The van der Waals surface area contributed by atoms with E-state index in [0.717, 1.165) is 23.2 Å². The highest BCUT2D eigenvalue weighted by atomic mass is 16.7. The fraction of sp³-hybridized carbons (Fsp3) is 0.269. The fourth-order valence-corrected chi connectivity index (χ4v) is 4.62. The summed E-state index contributed by atoms with van der Waals surface area (Å²) in [4.78, 5) is 33.3. The van der Waals surface area contributed by atoms with Crippen molar-refractivity contribution in [2.45, 2.75) is 31.8 Å². The van der Waals surface area contributed by atoms with Crippen LogP contribution in [-0.2, 0) is 11.3 Å². The zero-order valence-corrected chi connectivity index (χ0v) is 18.4. The molecule has 0 fully saturated rings. The molecule has 0 aliphatic carbocycles. The first kappa shape index (κ1) is 21.0. The van der Waals surface area contributed by atoms with Crippen LogP contribution in [0.1, 0.15) is 52.5 Å². The van der Waals surface area contributed by atoms with Gasteiger partial charge in [-0.25, -0.2) is 0 Å². The number of hydrogen-bond acceptors (Lipinski definition) is 5. The normalized spacial score (nSPS) is 18.7. The average Bonchev–Trinajstić information content (AvgIpc) is 3.33. The molecule has 0 unspecified atom stereocenters. The summed E-state index contributed by atoms with van der Waals surface area (Å²) in [5, 5.41) is 3.04. The van der Waals surface area contributed by atoms with Crippen LogP contribution >= 0.6 is 0 Å². The number of nitrogens with one attached hydrogen (secondary N) is 1. The number of aromatic nitrogens is 1. The predicted molar refractivity (Wildman–Crippen MR) is 122 cm³/mol. The van der Waals surface area contributed by atoms with Crippen LogP contribution in [0.25, 0.3) is 0 Å². The van der Waals surface area contributed by atoms with Gasteiger partial charge in [-0.2, -0.15) is 0 Å². The van der Waals surface area contributed by atoms with Gasteiger partial charge in [-0.05, 0) is 47.9 Å². The third-order valence-electron chi connectivity index (χ3n) is 6.09. The van der Waals surface area contributed by atoms with Crippen LogP contribution in [0.3, 0.4) is 0 Å². The van der Waals surface area contributed by atoms with Gasteiger partial charge in [0, 0.05) is 18.3 Å². The van der Waals surface area contributed by atoms with E-state index in [1.165, 1.54) is 0 Å². The summed E-state index contributed by atoms with van der Waals surface area (Å²) in [5.74, 6) is 0.505. The number of pyridine rings is 1. The summed E-state index contributed by atoms with van der Waals surface area (Å²) in [6.07, 6.45) is 2.48. The highest BCUT2D eigenvalue weighted by Crippen LogP contribution is 2.45. The lowest BCUT2D eigenvalue weighted by Crippen LogP contribution is -2.47. The number of nitrogens with zero attached hydrogens (tertiary/aromatic N) is 2. The smallest absolute Gasteiger partial charge is 0.254 e.